The van der Waals surface area contributed by atoms with Crippen LogP contribution < -0.4 is 0 Å². The Labute approximate surface area is 74.3 Å². The van der Waals surface area contributed by atoms with Gasteiger partial charge in [-0.05, 0) is 20.8 Å². The first kappa shape index (κ1) is 9.96. The Bertz CT molecular complexity index is 126. The first-order valence-electron chi connectivity index (χ1n) is 4.64. The van der Waals surface area contributed by atoms with Crippen molar-refractivity contribution in [2.45, 2.75) is 39.1 Å². The van der Waals surface area contributed by atoms with Crippen LogP contribution in [0, 0.1) is 0 Å². The number of ether oxygens (including phenoxy) is 1. The second-order valence-corrected chi connectivity index (χ2v) is 3.82. The fourth-order valence-corrected chi connectivity index (χ4v) is 1.81. The largest absolute Gasteiger partial charge is 0.392 e. The molecule has 0 aliphatic carbocycles. The molecule has 1 fully saturated rings. The number of aliphatic hydroxyl groups is 1. The minimum atomic E-state index is -0.234. The van der Waals surface area contributed by atoms with E-state index in [0.29, 0.717) is 12.2 Å². The highest BCUT2D eigenvalue weighted by Crippen LogP contribution is 2.10. The summed E-state index contributed by atoms with van der Waals surface area (Å²) in [6.07, 6.45) is 0.363. The molecular formula is C9H19NO2. The SMILES string of the molecule is CC1CN(C[C@H](C)O)CC(C)O1. The Morgan fingerprint density at radius 1 is 1.42 bits per heavy atom. The lowest BCUT2D eigenvalue weighted by Gasteiger charge is -2.35. The summed E-state index contributed by atoms with van der Waals surface area (Å²) in [4.78, 5) is 2.25. The van der Waals surface area contributed by atoms with Gasteiger partial charge in [0.2, 0.25) is 0 Å². The van der Waals surface area contributed by atoms with Crippen LogP contribution in [0.15, 0.2) is 0 Å². The third-order valence-electron chi connectivity index (χ3n) is 2.02. The summed E-state index contributed by atoms with van der Waals surface area (Å²) >= 11 is 0. The minimum Gasteiger partial charge on any atom is -0.392 e. The lowest BCUT2D eigenvalue weighted by molar-refractivity contribution is -0.0752. The van der Waals surface area contributed by atoms with Crippen LogP contribution in [0.5, 0.6) is 0 Å². The molecule has 0 saturated carbocycles. The van der Waals surface area contributed by atoms with Gasteiger partial charge in [-0.1, -0.05) is 0 Å². The monoisotopic (exact) mass is 173 g/mol. The molecule has 1 aliphatic rings. The summed E-state index contributed by atoms with van der Waals surface area (Å²) in [5.74, 6) is 0. The summed E-state index contributed by atoms with van der Waals surface area (Å²) < 4.78 is 5.57. The van der Waals surface area contributed by atoms with Gasteiger partial charge in [0.05, 0.1) is 18.3 Å². The van der Waals surface area contributed by atoms with Crippen molar-refractivity contribution in [3.63, 3.8) is 0 Å². The van der Waals surface area contributed by atoms with Crippen LogP contribution in [0.25, 0.3) is 0 Å². The molecule has 2 unspecified atom stereocenters. The zero-order chi connectivity index (χ0) is 9.14. The molecule has 12 heavy (non-hydrogen) atoms. The maximum Gasteiger partial charge on any atom is 0.0678 e. The Morgan fingerprint density at radius 2 is 1.92 bits per heavy atom. The van der Waals surface area contributed by atoms with Crippen LogP contribution in [-0.2, 0) is 4.74 Å². The molecule has 0 radical (unpaired) electrons. The lowest BCUT2D eigenvalue weighted by Crippen LogP contribution is -2.47. The smallest absolute Gasteiger partial charge is 0.0678 e. The Kier molecular flexibility index (Phi) is 3.50. The van der Waals surface area contributed by atoms with Crippen molar-refractivity contribution in [1.82, 2.24) is 4.90 Å². The number of β-amino-alcohol motifs (C(OH)–C–C–N with tert-alkyl or cyclic N) is 1. The van der Waals surface area contributed by atoms with Crippen LogP contribution in [0.3, 0.4) is 0 Å². The van der Waals surface area contributed by atoms with E-state index < -0.39 is 0 Å². The zero-order valence-corrected chi connectivity index (χ0v) is 8.16. The van der Waals surface area contributed by atoms with E-state index >= 15 is 0 Å². The van der Waals surface area contributed by atoms with Crippen molar-refractivity contribution < 1.29 is 9.84 Å². The Balaban J connectivity index is 2.34. The highest BCUT2D eigenvalue weighted by molar-refractivity contribution is 4.73. The van der Waals surface area contributed by atoms with Crippen molar-refractivity contribution in [3.05, 3.63) is 0 Å². The quantitative estimate of drug-likeness (QED) is 0.659. The average molecular weight is 173 g/mol. The van der Waals surface area contributed by atoms with Crippen molar-refractivity contribution in [3.8, 4) is 0 Å². The molecule has 0 aromatic carbocycles. The minimum absolute atomic E-state index is 0.234. The maximum absolute atomic E-state index is 9.19. The number of nitrogens with zero attached hydrogens (tertiary/aromatic N) is 1. The van der Waals surface area contributed by atoms with Gasteiger partial charge in [-0.2, -0.15) is 0 Å². The molecule has 0 amide bonds. The van der Waals surface area contributed by atoms with Crippen molar-refractivity contribution in [1.29, 1.82) is 0 Å². The van der Waals surface area contributed by atoms with Gasteiger partial charge in [0.15, 0.2) is 0 Å². The standard InChI is InChI=1S/C9H19NO2/c1-7(11)4-10-5-8(2)12-9(3)6-10/h7-9,11H,4-6H2,1-3H3/t7-,8?,9?/m0/s1. The number of hydrogen-bond donors (Lipinski definition) is 1. The van der Waals surface area contributed by atoms with Crippen LogP contribution >= 0.6 is 0 Å². The fourth-order valence-electron chi connectivity index (χ4n) is 1.81. The second kappa shape index (κ2) is 4.21. The van der Waals surface area contributed by atoms with Gasteiger partial charge in [0.1, 0.15) is 0 Å². The normalized spacial score (nSPS) is 35.0. The van der Waals surface area contributed by atoms with Crippen LogP contribution in [0.2, 0.25) is 0 Å². The molecule has 1 saturated heterocycles. The Hall–Kier alpha value is -0.120. The molecule has 0 spiro atoms. The molecule has 1 rings (SSSR count). The molecular weight excluding hydrogens is 154 g/mol. The predicted molar refractivity (Wildman–Crippen MR) is 48.1 cm³/mol. The second-order valence-electron chi connectivity index (χ2n) is 3.82. The van der Waals surface area contributed by atoms with E-state index in [2.05, 4.69) is 18.7 Å². The van der Waals surface area contributed by atoms with Crippen molar-refractivity contribution in [2.24, 2.45) is 0 Å². The predicted octanol–water partition coefficient (Wildman–Crippen LogP) is 0.476. The molecule has 3 heteroatoms. The van der Waals surface area contributed by atoms with Crippen molar-refractivity contribution >= 4 is 0 Å². The van der Waals surface area contributed by atoms with E-state index in [1.807, 2.05) is 6.92 Å². The average Bonchev–Trinajstić information content (AvgIpc) is 1.81. The maximum atomic E-state index is 9.19. The van der Waals surface area contributed by atoms with Crippen molar-refractivity contribution in [2.75, 3.05) is 19.6 Å². The van der Waals surface area contributed by atoms with E-state index in [9.17, 15) is 5.11 Å². The summed E-state index contributed by atoms with van der Waals surface area (Å²) in [6, 6.07) is 0. The summed E-state index contributed by atoms with van der Waals surface area (Å²) in [7, 11) is 0. The number of morpholine rings is 1. The van der Waals surface area contributed by atoms with E-state index in [1.165, 1.54) is 0 Å². The molecule has 0 aromatic rings. The zero-order valence-electron chi connectivity index (χ0n) is 8.16. The highest BCUT2D eigenvalue weighted by Gasteiger charge is 2.22. The van der Waals surface area contributed by atoms with Gasteiger partial charge in [0, 0.05) is 19.6 Å². The third-order valence-corrected chi connectivity index (χ3v) is 2.02. The van der Waals surface area contributed by atoms with Crippen LogP contribution in [0.1, 0.15) is 20.8 Å². The summed E-state index contributed by atoms with van der Waals surface area (Å²) in [5.41, 5.74) is 0. The fraction of sp³-hybridized carbons (Fsp3) is 1.00. The first-order chi connectivity index (χ1) is 5.58. The summed E-state index contributed by atoms with van der Waals surface area (Å²) in [6.45, 7) is 8.61. The topological polar surface area (TPSA) is 32.7 Å². The Morgan fingerprint density at radius 3 is 2.33 bits per heavy atom. The third kappa shape index (κ3) is 3.09. The number of hydrogen-bond acceptors (Lipinski definition) is 3. The highest BCUT2D eigenvalue weighted by atomic mass is 16.5. The lowest BCUT2D eigenvalue weighted by atomic mass is 10.2. The molecule has 3 nitrogen and oxygen atoms in total. The summed E-state index contributed by atoms with van der Waals surface area (Å²) in [5, 5.41) is 9.19. The van der Waals surface area contributed by atoms with Gasteiger partial charge < -0.3 is 9.84 Å². The molecule has 0 aromatic heterocycles. The van der Waals surface area contributed by atoms with Gasteiger partial charge in [-0.3, -0.25) is 4.90 Å². The molecule has 3 atom stereocenters. The van der Waals surface area contributed by atoms with Gasteiger partial charge >= 0.3 is 0 Å². The van der Waals surface area contributed by atoms with E-state index in [0.717, 1.165) is 19.6 Å². The molecule has 72 valence electrons. The van der Waals surface area contributed by atoms with Gasteiger partial charge in [-0.25, -0.2) is 0 Å². The van der Waals surface area contributed by atoms with E-state index in [-0.39, 0.29) is 6.10 Å². The van der Waals surface area contributed by atoms with Crippen LogP contribution in [0.4, 0.5) is 0 Å². The van der Waals surface area contributed by atoms with E-state index in [1.54, 1.807) is 0 Å². The van der Waals surface area contributed by atoms with Gasteiger partial charge in [0.25, 0.3) is 0 Å². The van der Waals surface area contributed by atoms with Gasteiger partial charge in [-0.15, -0.1) is 0 Å². The number of rotatable bonds is 2. The molecule has 1 aliphatic heterocycles. The molecule has 1 heterocycles. The first-order valence-corrected chi connectivity index (χ1v) is 4.64. The molecule has 1 N–H and O–H groups in total. The molecule has 0 bridgehead atoms. The number of aliphatic hydroxyl groups excluding tert-OH is 1. The van der Waals surface area contributed by atoms with Crippen LogP contribution in [-0.4, -0.2) is 48.0 Å². The van der Waals surface area contributed by atoms with E-state index in [4.69, 9.17) is 4.74 Å².